The third-order valence-corrected chi connectivity index (χ3v) is 3.81. The topological polar surface area (TPSA) is 46.5 Å². The summed E-state index contributed by atoms with van der Waals surface area (Å²) in [7, 11) is 1.42. The molecule has 1 saturated carbocycles. The largest absolute Gasteiger partial charge is 0.494 e. The highest BCUT2D eigenvalue weighted by Crippen LogP contribution is 2.44. The number of ether oxygens (including phenoxy) is 1. The number of hydrogen-bond donors (Lipinski definition) is 1. The van der Waals surface area contributed by atoms with Gasteiger partial charge < -0.3 is 9.84 Å². The van der Waals surface area contributed by atoms with Crippen LogP contribution in [0.2, 0.25) is 0 Å². The molecule has 1 fully saturated rings. The van der Waals surface area contributed by atoms with E-state index in [1.54, 1.807) is 12.1 Å². The average molecular weight is 252 g/mol. The summed E-state index contributed by atoms with van der Waals surface area (Å²) in [4.78, 5) is 11.0. The van der Waals surface area contributed by atoms with Gasteiger partial charge >= 0.3 is 5.97 Å². The second-order valence-electron chi connectivity index (χ2n) is 4.91. The molecule has 0 aliphatic heterocycles. The van der Waals surface area contributed by atoms with Crippen molar-refractivity contribution in [3.63, 3.8) is 0 Å². The first-order valence-corrected chi connectivity index (χ1v) is 6.13. The number of aliphatic carboxylic acids is 1. The van der Waals surface area contributed by atoms with Crippen LogP contribution in [0.25, 0.3) is 0 Å². The first kappa shape index (κ1) is 12.9. The monoisotopic (exact) mass is 252 g/mol. The van der Waals surface area contributed by atoms with Gasteiger partial charge in [-0.3, -0.25) is 4.79 Å². The summed E-state index contributed by atoms with van der Waals surface area (Å²) in [6.45, 7) is 0. The summed E-state index contributed by atoms with van der Waals surface area (Å²) < 4.78 is 18.6. The van der Waals surface area contributed by atoms with Gasteiger partial charge in [-0.2, -0.15) is 0 Å². The predicted octanol–water partition coefficient (Wildman–Crippen LogP) is 3.12. The number of carbonyl (C=O) groups is 1. The Labute approximate surface area is 106 Å². The van der Waals surface area contributed by atoms with Crippen molar-refractivity contribution >= 4 is 5.97 Å². The lowest BCUT2D eigenvalue weighted by Gasteiger charge is -2.28. The predicted molar refractivity (Wildman–Crippen MR) is 65.4 cm³/mol. The Morgan fingerprint density at radius 1 is 1.44 bits per heavy atom. The third-order valence-electron chi connectivity index (χ3n) is 3.81. The number of hydrogen-bond acceptors (Lipinski definition) is 2. The minimum absolute atomic E-state index is 0.0682. The van der Waals surface area contributed by atoms with E-state index in [4.69, 9.17) is 9.84 Å². The molecule has 1 N–H and O–H groups in total. The van der Waals surface area contributed by atoms with E-state index >= 15 is 0 Å². The fraction of sp³-hybridized carbons (Fsp3) is 0.500. The van der Waals surface area contributed by atoms with E-state index < -0.39 is 17.2 Å². The van der Waals surface area contributed by atoms with E-state index in [1.807, 2.05) is 0 Å². The van der Waals surface area contributed by atoms with E-state index in [-0.39, 0.29) is 12.2 Å². The number of carboxylic acid groups (broad SMARTS) is 1. The van der Waals surface area contributed by atoms with Crippen LogP contribution in [0.5, 0.6) is 5.75 Å². The smallest absolute Gasteiger partial charge is 0.304 e. The molecule has 1 aliphatic carbocycles. The highest BCUT2D eigenvalue weighted by Gasteiger charge is 2.38. The molecule has 0 atom stereocenters. The van der Waals surface area contributed by atoms with Gasteiger partial charge in [0.25, 0.3) is 0 Å². The van der Waals surface area contributed by atoms with Gasteiger partial charge in [-0.1, -0.05) is 18.9 Å². The summed E-state index contributed by atoms with van der Waals surface area (Å²) in [5.74, 6) is -1.05. The Kier molecular flexibility index (Phi) is 3.55. The van der Waals surface area contributed by atoms with Gasteiger partial charge in [-0.15, -0.1) is 0 Å². The van der Waals surface area contributed by atoms with Crippen LogP contribution < -0.4 is 4.74 Å². The minimum atomic E-state index is -0.826. The second kappa shape index (κ2) is 4.96. The molecule has 0 bridgehead atoms. The van der Waals surface area contributed by atoms with Gasteiger partial charge in [0.2, 0.25) is 0 Å². The van der Waals surface area contributed by atoms with E-state index in [1.165, 1.54) is 13.2 Å². The summed E-state index contributed by atoms with van der Waals surface area (Å²) in [6.07, 6.45) is 3.69. The fourth-order valence-electron chi connectivity index (χ4n) is 2.91. The van der Waals surface area contributed by atoms with Crippen LogP contribution in [0.4, 0.5) is 4.39 Å². The van der Waals surface area contributed by atoms with Crippen LogP contribution in [-0.4, -0.2) is 18.2 Å². The summed E-state index contributed by atoms with van der Waals surface area (Å²) in [5.41, 5.74) is 0.375. The standard InChI is InChI=1S/C14H17FO3/c1-18-12-5-4-10(8-11(12)15)14(9-13(16)17)6-2-3-7-14/h4-5,8H,2-3,6-7,9H2,1H3,(H,16,17). The zero-order valence-corrected chi connectivity index (χ0v) is 10.4. The van der Waals surface area contributed by atoms with Crippen LogP contribution in [0.1, 0.15) is 37.7 Å². The van der Waals surface area contributed by atoms with E-state index in [0.29, 0.717) is 0 Å². The Bertz CT molecular complexity index is 450. The van der Waals surface area contributed by atoms with E-state index in [9.17, 15) is 9.18 Å². The Morgan fingerprint density at radius 2 is 2.11 bits per heavy atom. The van der Waals surface area contributed by atoms with E-state index in [2.05, 4.69) is 0 Å². The molecule has 0 aromatic heterocycles. The van der Waals surface area contributed by atoms with Crippen molar-refractivity contribution in [1.29, 1.82) is 0 Å². The van der Waals surface area contributed by atoms with Gasteiger partial charge in [0, 0.05) is 5.41 Å². The molecule has 1 aromatic rings. The maximum absolute atomic E-state index is 13.7. The van der Waals surface area contributed by atoms with Gasteiger partial charge in [-0.05, 0) is 30.5 Å². The number of methoxy groups -OCH3 is 1. The van der Waals surface area contributed by atoms with Gasteiger partial charge in [0.05, 0.1) is 13.5 Å². The van der Waals surface area contributed by atoms with Crippen molar-refractivity contribution in [2.75, 3.05) is 7.11 Å². The second-order valence-corrected chi connectivity index (χ2v) is 4.91. The average Bonchev–Trinajstić information content (AvgIpc) is 2.77. The van der Waals surface area contributed by atoms with Gasteiger partial charge in [-0.25, -0.2) is 4.39 Å². The fourth-order valence-corrected chi connectivity index (χ4v) is 2.91. The molecular weight excluding hydrogens is 235 g/mol. The number of carboxylic acids is 1. The van der Waals surface area contributed by atoms with Crippen molar-refractivity contribution < 1.29 is 19.0 Å². The first-order valence-electron chi connectivity index (χ1n) is 6.13. The van der Waals surface area contributed by atoms with Gasteiger partial charge in [0.15, 0.2) is 11.6 Å². The van der Waals surface area contributed by atoms with Crippen LogP contribution in [0.3, 0.4) is 0 Å². The van der Waals surface area contributed by atoms with E-state index in [0.717, 1.165) is 31.2 Å². The number of halogens is 1. The van der Waals surface area contributed by atoms with Gasteiger partial charge in [0.1, 0.15) is 0 Å². The summed E-state index contributed by atoms with van der Waals surface area (Å²) in [5, 5.41) is 9.05. The molecular formula is C14H17FO3. The lowest BCUT2D eigenvalue weighted by atomic mass is 9.76. The molecule has 18 heavy (non-hydrogen) atoms. The van der Waals surface area contributed by atoms with Crippen LogP contribution in [0, 0.1) is 5.82 Å². The first-order chi connectivity index (χ1) is 8.57. The van der Waals surface area contributed by atoms with Crippen LogP contribution in [0.15, 0.2) is 18.2 Å². The lowest BCUT2D eigenvalue weighted by Crippen LogP contribution is -2.26. The van der Waals surface area contributed by atoms with Crippen molar-refractivity contribution in [2.24, 2.45) is 0 Å². The van der Waals surface area contributed by atoms with Crippen molar-refractivity contribution in [1.82, 2.24) is 0 Å². The maximum Gasteiger partial charge on any atom is 0.304 e. The third kappa shape index (κ3) is 2.33. The quantitative estimate of drug-likeness (QED) is 0.895. The summed E-state index contributed by atoms with van der Waals surface area (Å²) >= 11 is 0. The minimum Gasteiger partial charge on any atom is -0.494 e. The molecule has 98 valence electrons. The molecule has 2 rings (SSSR count). The SMILES string of the molecule is COc1ccc(C2(CC(=O)O)CCCC2)cc1F. The Hall–Kier alpha value is -1.58. The Balaban J connectivity index is 2.37. The molecule has 0 heterocycles. The highest BCUT2D eigenvalue weighted by atomic mass is 19.1. The van der Waals surface area contributed by atoms with Crippen molar-refractivity contribution in [2.45, 2.75) is 37.5 Å². The molecule has 0 spiro atoms. The zero-order chi connectivity index (χ0) is 13.2. The molecule has 0 radical (unpaired) electrons. The zero-order valence-electron chi connectivity index (χ0n) is 10.4. The summed E-state index contributed by atoms with van der Waals surface area (Å²) in [6, 6.07) is 4.79. The maximum atomic E-state index is 13.7. The van der Waals surface area contributed by atoms with Crippen LogP contribution >= 0.6 is 0 Å². The highest BCUT2D eigenvalue weighted by molar-refractivity contribution is 5.69. The molecule has 4 heteroatoms. The normalized spacial score (nSPS) is 17.7. The molecule has 3 nitrogen and oxygen atoms in total. The molecule has 1 aromatic carbocycles. The van der Waals surface area contributed by atoms with Crippen LogP contribution in [-0.2, 0) is 10.2 Å². The van der Waals surface area contributed by atoms with Crippen molar-refractivity contribution in [3.8, 4) is 5.75 Å². The molecule has 0 amide bonds. The molecule has 0 unspecified atom stereocenters. The number of rotatable bonds is 4. The lowest BCUT2D eigenvalue weighted by molar-refractivity contribution is -0.138. The van der Waals surface area contributed by atoms with Crippen molar-refractivity contribution in [3.05, 3.63) is 29.6 Å². The number of benzene rings is 1. The Morgan fingerprint density at radius 3 is 2.61 bits per heavy atom. The molecule has 0 saturated heterocycles. The molecule has 1 aliphatic rings.